The highest BCUT2D eigenvalue weighted by Gasteiger charge is 2.47. The van der Waals surface area contributed by atoms with Crippen molar-refractivity contribution in [2.24, 2.45) is 0 Å². The first-order valence-electron chi connectivity index (χ1n) is 9.86. The van der Waals surface area contributed by atoms with Crippen molar-refractivity contribution in [2.45, 2.75) is 12.6 Å². The minimum absolute atomic E-state index is 0.0782. The van der Waals surface area contributed by atoms with Crippen LogP contribution in [0, 0.1) is 0 Å². The summed E-state index contributed by atoms with van der Waals surface area (Å²) in [6.07, 6.45) is 4.80. The predicted octanol–water partition coefficient (Wildman–Crippen LogP) is 3.12. The highest BCUT2D eigenvalue weighted by atomic mass is 16.5. The molecule has 0 spiro atoms. The van der Waals surface area contributed by atoms with E-state index in [4.69, 9.17) is 9.47 Å². The Hall–Kier alpha value is -4.20. The SMILES string of the molecule is COc1cccc(OC)c1/C(O)=C1\C(=O)C(=O)N(Cc2ccncc2)C1c1ccccn1. The van der Waals surface area contributed by atoms with Crippen LogP contribution in [0.5, 0.6) is 11.5 Å². The summed E-state index contributed by atoms with van der Waals surface area (Å²) in [5.41, 5.74) is 1.36. The number of nitrogens with zero attached hydrogens (tertiary/aromatic N) is 3. The Bertz CT molecular complexity index is 1160. The van der Waals surface area contributed by atoms with Gasteiger partial charge < -0.3 is 19.5 Å². The average molecular weight is 431 g/mol. The fourth-order valence-electron chi connectivity index (χ4n) is 3.79. The minimum Gasteiger partial charge on any atom is -0.506 e. The van der Waals surface area contributed by atoms with Crippen LogP contribution in [0.15, 0.2) is 72.7 Å². The van der Waals surface area contributed by atoms with Crippen molar-refractivity contribution in [3.05, 3.63) is 89.5 Å². The Kier molecular flexibility index (Phi) is 5.85. The molecule has 1 aliphatic rings. The Morgan fingerprint density at radius 3 is 2.25 bits per heavy atom. The molecule has 8 nitrogen and oxygen atoms in total. The van der Waals surface area contributed by atoms with E-state index >= 15 is 0 Å². The number of benzene rings is 1. The van der Waals surface area contributed by atoms with Gasteiger partial charge in [0.15, 0.2) is 0 Å². The Balaban J connectivity index is 1.92. The fourth-order valence-corrected chi connectivity index (χ4v) is 3.79. The van der Waals surface area contributed by atoms with Crippen molar-refractivity contribution in [2.75, 3.05) is 14.2 Å². The molecule has 8 heteroatoms. The van der Waals surface area contributed by atoms with Crippen LogP contribution in [0.1, 0.15) is 22.9 Å². The van der Waals surface area contributed by atoms with Gasteiger partial charge in [-0.3, -0.25) is 19.6 Å². The summed E-state index contributed by atoms with van der Waals surface area (Å²) < 4.78 is 10.8. The summed E-state index contributed by atoms with van der Waals surface area (Å²) in [5, 5.41) is 11.3. The molecule has 1 unspecified atom stereocenters. The molecule has 4 rings (SSSR count). The molecule has 3 heterocycles. The lowest BCUT2D eigenvalue weighted by Crippen LogP contribution is -2.29. The van der Waals surface area contributed by atoms with Gasteiger partial charge in [0, 0.05) is 25.1 Å². The molecular weight excluding hydrogens is 410 g/mol. The second-order valence-electron chi connectivity index (χ2n) is 7.07. The average Bonchev–Trinajstić information content (AvgIpc) is 3.09. The lowest BCUT2D eigenvalue weighted by atomic mass is 9.97. The van der Waals surface area contributed by atoms with Gasteiger partial charge in [-0.15, -0.1) is 0 Å². The molecule has 32 heavy (non-hydrogen) atoms. The molecule has 1 saturated heterocycles. The quantitative estimate of drug-likeness (QED) is 0.363. The van der Waals surface area contributed by atoms with E-state index in [1.54, 1.807) is 67.1 Å². The molecule has 1 N–H and O–H groups in total. The number of methoxy groups -OCH3 is 2. The zero-order valence-corrected chi connectivity index (χ0v) is 17.6. The summed E-state index contributed by atoms with van der Waals surface area (Å²) in [4.78, 5) is 36.0. The molecule has 0 aliphatic carbocycles. The van der Waals surface area contributed by atoms with E-state index < -0.39 is 17.7 Å². The van der Waals surface area contributed by atoms with Crippen molar-refractivity contribution < 1.29 is 24.2 Å². The zero-order chi connectivity index (χ0) is 22.7. The highest BCUT2D eigenvalue weighted by molar-refractivity contribution is 6.46. The Morgan fingerprint density at radius 1 is 0.969 bits per heavy atom. The first-order chi connectivity index (χ1) is 15.6. The Labute approximate surface area is 184 Å². The van der Waals surface area contributed by atoms with Gasteiger partial charge in [-0.2, -0.15) is 0 Å². The molecule has 3 aromatic rings. The van der Waals surface area contributed by atoms with Gasteiger partial charge in [0.2, 0.25) is 0 Å². The number of pyridine rings is 2. The number of ketones is 1. The number of carbonyl (C=O) groups is 2. The van der Waals surface area contributed by atoms with Gasteiger partial charge in [0.05, 0.1) is 25.5 Å². The topological polar surface area (TPSA) is 102 Å². The van der Waals surface area contributed by atoms with Crippen LogP contribution in [-0.4, -0.2) is 45.9 Å². The summed E-state index contributed by atoms with van der Waals surface area (Å²) in [7, 11) is 2.90. The van der Waals surface area contributed by atoms with Crippen LogP contribution >= 0.6 is 0 Å². The van der Waals surface area contributed by atoms with Crippen molar-refractivity contribution in [1.82, 2.24) is 14.9 Å². The number of hydrogen-bond acceptors (Lipinski definition) is 7. The summed E-state index contributed by atoms with van der Waals surface area (Å²) in [6, 6.07) is 12.8. The third-order valence-electron chi connectivity index (χ3n) is 5.27. The van der Waals surface area contributed by atoms with E-state index in [0.717, 1.165) is 5.56 Å². The molecule has 1 atom stereocenters. The van der Waals surface area contributed by atoms with E-state index in [9.17, 15) is 14.7 Å². The van der Waals surface area contributed by atoms with Crippen LogP contribution in [0.4, 0.5) is 0 Å². The monoisotopic (exact) mass is 431 g/mol. The number of ether oxygens (including phenoxy) is 2. The molecule has 0 saturated carbocycles. The molecule has 1 amide bonds. The largest absolute Gasteiger partial charge is 0.506 e. The van der Waals surface area contributed by atoms with Gasteiger partial charge in [-0.1, -0.05) is 12.1 Å². The lowest BCUT2D eigenvalue weighted by molar-refractivity contribution is -0.140. The maximum absolute atomic E-state index is 13.2. The number of Topliss-reactive ketones (excluding diaryl/α,β-unsaturated/α-hetero) is 1. The standard InChI is InChI=1S/C24H21N3O5/c1-31-17-7-5-8-18(32-2)19(17)22(28)20-21(16-6-3-4-11-26-16)27(24(30)23(20)29)14-15-9-12-25-13-10-15/h3-13,21,28H,14H2,1-2H3/b22-20+. The van der Waals surface area contributed by atoms with E-state index in [0.29, 0.717) is 17.2 Å². The second kappa shape index (κ2) is 8.89. The van der Waals surface area contributed by atoms with Gasteiger partial charge in [-0.05, 0) is 42.0 Å². The number of rotatable bonds is 6. The third kappa shape index (κ3) is 3.66. The number of hydrogen-bond donors (Lipinski definition) is 1. The maximum Gasteiger partial charge on any atom is 0.296 e. The predicted molar refractivity (Wildman–Crippen MR) is 116 cm³/mol. The highest BCUT2D eigenvalue weighted by Crippen LogP contribution is 2.43. The maximum atomic E-state index is 13.2. The molecule has 1 fully saturated rings. The van der Waals surface area contributed by atoms with Crippen LogP contribution in [-0.2, 0) is 16.1 Å². The number of aromatic nitrogens is 2. The molecule has 1 aromatic carbocycles. The third-order valence-corrected chi connectivity index (χ3v) is 5.27. The summed E-state index contributed by atoms with van der Waals surface area (Å²) in [6.45, 7) is 0.147. The fraction of sp³-hybridized carbons (Fsp3) is 0.167. The molecule has 2 aromatic heterocycles. The molecule has 0 bridgehead atoms. The molecular formula is C24H21N3O5. The zero-order valence-electron chi connectivity index (χ0n) is 17.6. The van der Waals surface area contributed by atoms with Crippen molar-refractivity contribution in [3.8, 4) is 11.5 Å². The molecule has 0 radical (unpaired) electrons. The smallest absolute Gasteiger partial charge is 0.296 e. The van der Waals surface area contributed by atoms with Gasteiger partial charge >= 0.3 is 0 Å². The van der Waals surface area contributed by atoms with Crippen LogP contribution in [0.3, 0.4) is 0 Å². The Morgan fingerprint density at radius 2 is 1.66 bits per heavy atom. The molecule has 1 aliphatic heterocycles. The number of aliphatic hydroxyl groups is 1. The van der Waals surface area contributed by atoms with E-state index in [2.05, 4.69) is 9.97 Å². The first kappa shape index (κ1) is 21.0. The van der Waals surface area contributed by atoms with Gasteiger partial charge in [-0.25, -0.2) is 0 Å². The second-order valence-corrected chi connectivity index (χ2v) is 7.07. The molecule has 162 valence electrons. The van der Waals surface area contributed by atoms with Crippen molar-refractivity contribution in [3.63, 3.8) is 0 Å². The first-order valence-corrected chi connectivity index (χ1v) is 9.86. The summed E-state index contributed by atoms with van der Waals surface area (Å²) >= 11 is 0. The number of amides is 1. The van der Waals surface area contributed by atoms with E-state index in [1.165, 1.54) is 19.1 Å². The van der Waals surface area contributed by atoms with Gasteiger partial charge in [0.25, 0.3) is 11.7 Å². The van der Waals surface area contributed by atoms with Crippen LogP contribution < -0.4 is 9.47 Å². The lowest BCUT2D eigenvalue weighted by Gasteiger charge is -2.24. The minimum atomic E-state index is -0.890. The van der Waals surface area contributed by atoms with Crippen molar-refractivity contribution >= 4 is 17.4 Å². The summed E-state index contributed by atoms with van der Waals surface area (Å²) in [5.74, 6) is -1.30. The number of aliphatic hydroxyl groups excluding tert-OH is 1. The van der Waals surface area contributed by atoms with Crippen molar-refractivity contribution in [1.29, 1.82) is 0 Å². The normalized spacial score (nSPS) is 17.4. The van der Waals surface area contributed by atoms with E-state index in [-0.39, 0.29) is 23.4 Å². The van der Waals surface area contributed by atoms with E-state index in [1.807, 2.05) is 0 Å². The van der Waals surface area contributed by atoms with Crippen LogP contribution in [0.25, 0.3) is 5.76 Å². The number of likely N-dealkylation sites (tertiary alicyclic amines) is 1. The van der Waals surface area contributed by atoms with Crippen LogP contribution in [0.2, 0.25) is 0 Å². The number of carbonyl (C=O) groups excluding carboxylic acids is 2. The van der Waals surface area contributed by atoms with Gasteiger partial charge in [0.1, 0.15) is 28.9 Å².